The first-order chi connectivity index (χ1) is 9.61. The van der Waals surface area contributed by atoms with E-state index in [4.69, 9.17) is 4.52 Å². The highest BCUT2D eigenvalue weighted by atomic mass is 16.5. The highest BCUT2D eigenvalue weighted by Crippen LogP contribution is 2.36. The van der Waals surface area contributed by atoms with Gasteiger partial charge in [-0.25, -0.2) is 0 Å². The van der Waals surface area contributed by atoms with Crippen molar-refractivity contribution in [1.82, 2.24) is 15.0 Å². The number of aromatic nitrogens is 2. The van der Waals surface area contributed by atoms with Crippen LogP contribution in [-0.4, -0.2) is 38.7 Å². The van der Waals surface area contributed by atoms with Gasteiger partial charge in [0.15, 0.2) is 5.82 Å². The maximum absolute atomic E-state index is 11.6. The van der Waals surface area contributed by atoms with Crippen LogP contribution < -0.4 is 0 Å². The summed E-state index contributed by atoms with van der Waals surface area (Å²) in [5.74, 6) is 0.365. The molecule has 0 aliphatic carbocycles. The largest absolute Gasteiger partial charge is 0.480 e. The van der Waals surface area contributed by atoms with E-state index in [9.17, 15) is 9.90 Å². The molecule has 1 N–H and O–H groups in total. The third-order valence-electron chi connectivity index (χ3n) is 4.06. The number of likely N-dealkylation sites (tertiary alicyclic amines) is 1. The number of hydrogen-bond acceptors (Lipinski definition) is 5. The zero-order chi connectivity index (χ0) is 15.8. The fraction of sp³-hybridized carbons (Fsp3) is 0.800. The predicted octanol–water partition coefficient (Wildman–Crippen LogP) is 2.44. The van der Waals surface area contributed by atoms with E-state index in [1.165, 1.54) is 0 Å². The van der Waals surface area contributed by atoms with Crippen LogP contribution in [0.4, 0.5) is 0 Å². The Morgan fingerprint density at radius 2 is 2.14 bits per heavy atom. The Kier molecular flexibility index (Phi) is 4.10. The quantitative estimate of drug-likeness (QED) is 0.922. The predicted molar refractivity (Wildman–Crippen MR) is 77.8 cm³/mol. The fourth-order valence-electron chi connectivity index (χ4n) is 2.96. The molecule has 6 heteroatoms. The van der Waals surface area contributed by atoms with Gasteiger partial charge in [-0.05, 0) is 24.8 Å². The lowest BCUT2D eigenvalue weighted by atomic mass is 9.76. The Balaban J connectivity index is 2.17. The van der Waals surface area contributed by atoms with Crippen LogP contribution >= 0.6 is 0 Å². The third-order valence-corrected chi connectivity index (χ3v) is 4.06. The molecule has 0 amide bonds. The monoisotopic (exact) mass is 295 g/mol. The first kappa shape index (κ1) is 15.9. The molecule has 0 aromatic carbocycles. The Labute approximate surface area is 125 Å². The van der Waals surface area contributed by atoms with Crippen LogP contribution in [0.15, 0.2) is 4.52 Å². The number of rotatable bonds is 3. The molecular formula is C15H25N3O3. The molecule has 1 aliphatic heterocycles. The molecule has 1 unspecified atom stereocenters. The molecule has 6 nitrogen and oxygen atoms in total. The van der Waals surface area contributed by atoms with Crippen molar-refractivity contribution >= 4 is 5.97 Å². The van der Waals surface area contributed by atoms with Crippen molar-refractivity contribution in [2.24, 2.45) is 5.41 Å². The van der Waals surface area contributed by atoms with Gasteiger partial charge in [0.1, 0.15) is 6.04 Å². The zero-order valence-corrected chi connectivity index (χ0v) is 13.5. The van der Waals surface area contributed by atoms with Gasteiger partial charge in [-0.3, -0.25) is 9.69 Å². The molecule has 0 spiro atoms. The van der Waals surface area contributed by atoms with Gasteiger partial charge in [-0.15, -0.1) is 0 Å². The molecule has 1 atom stereocenters. The van der Waals surface area contributed by atoms with Crippen molar-refractivity contribution < 1.29 is 14.4 Å². The molecule has 0 saturated carbocycles. The molecule has 1 aliphatic rings. The van der Waals surface area contributed by atoms with Crippen LogP contribution in [0.1, 0.15) is 59.2 Å². The van der Waals surface area contributed by atoms with Gasteiger partial charge >= 0.3 is 5.97 Å². The normalized spacial score (nSPS) is 23.2. The summed E-state index contributed by atoms with van der Waals surface area (Å²) in [7, 11) is 0. The molecule has 2 rings (SSSR count). The number of carboxylic acids is 1. The van der Waals surface area contributed by atoms with Crippen LogP contribution in [0.2, 0.25) is 0 Å². The van der Waals surface area contributed by atoms with Crippen LogP contribution in [0.25, 0.3) is 0 Å². The van der Waals surface area contributed by atoms with E-state index in [0.29, 0.717) is 18.3 Å². The molecule has 0 bridgehead atoms. The maximum atomic E-state index is 11.6. The van der Waals surface area contributed by atoms with E-state index in [1.54, 1.807) is 0 Å². The second kappa shape index (κ2) is 5.40. The Morgan fingerprint density at radius 3 is 2.67 bits per heavy atom. The number of carboxylic acid groups (broad SMARTS) is 1. The van der Waals surface area contributed by atoms with E-state index in [-0.39, 0.29) is 10.8 Å². The zero-order valence-electron chi connectivity index (χ0n) is 13.5. The topological polar surface area (TPSA) is 79.5 Å². The number of piperidine rings is 1. The first-order valence-corrected chi connectivity index (χ1v) is 7.41. The van der Waals surface area contributed by atoms with E-state index in [1.807, 2.05) is 39.5 Å². The molecule has 0 radical (unpaired) electrons. The van der Waals surface area contributed by atoms with Gasteiger partial charge in [0.2, 0.25) is 5.89 Å². The summed E-state index contributed by atoms with van der Waals surface area (Å²) in [5, 5.41) is 13.5. The third kappa shape index (κ3) is 3.43. The lowest BCUT2D eigenvalue weighted by molar-refractivity contribution is -0.151. The lowest BCUT2D eigenvalue weighted by Crippen LogP contribution is -2.53. The molecule has 1 fully saturated rings. The average molecular weight is 295 g/mol. The molecule has 21 heavy (non-hydrogen) atoms. The molecule has 1 aromatic heterocycles. The Bertz CT molecular complexity index is 516. The van der Waals surface area contributed by atoms with Gasteiger partial charge in [0.25, 0.3) is 0 Å². The van der Waals surface area contributed by atoms with E-state index >= 15 is 0 Å². The molecule has 1 saturated heterocycles. The highest BCUT2D eigenvalue weighted by molar-refractivity contribution is 5.74. The smallest absolute Gasteiger partial charge is 0.321 e. The summed E-state index contributed by atoms with van der Waals surface area (Å²) >= 11 is 0. The maximum Gasteiger partial charge on any atom is 0.321 e. The number of carbonyl (C=O) groups is 1. The Morgan fingerprint density at radius 1 is 1.48 bits per heavy atom. The van der Waals surface area contributed by atoms with Crippen molar-refractivity contribution in [2.75, 3.05) is 6.54 Å². The van der Waals surface area contributed by atoms with E-state index in [2.05, 4.69) is 10.1 Å². The summed E-state index contributed by atoms with van der Waals surface area (Å²) in [5.41, 5.74) is -0.445. The molecule has 2 heterocycles. The minimum atomic E-state index is -0.778. The van der Waals surface area contributed by atoms with Crippen molar-refractivity contribution in [3.63, 3.8) is 0 Å². The minimum absolute atomic E-state index is 0.196. The van der Waals surface area contributed by atoms with E-state index in [0.717, 1.165) is 19.4 Å². The molecule has 118 valence electrons. The van der Waals surface area contributed by atoms with Crippen LogP contribution in [0.5, 0.6) is 0 Å². The summed E-state index contributed by atoms with van der Waals surface area (Å²) in [4.78, 5) is 18.0. The number of nitrogens with zero attached hydrogens (tertiary/aromatic N) is 3. The van der Waals surface area contributed by atoms with Gasteiger partial charge in [-0.1, -0.05) is 39.8 Å². The van der Waals surface area contributed by atoms with Crippen LogP contribution in [-0.2, 0) is 16.8 Å². The molecule has 1 aromatic rings. The highest BCUT2D eigenvalue weighted by Gasteiger charge is 2.42. The Hall–Kier alpha value is -1.43. The van der Waals surface area contributed by atoms with Gasteiger partial charge < -0.3 is 9.63 Å². The summed E-state index contributed by atoms with van der Waals surface area (Å²) in [6.07, 6.45) is 1.90. The summed E-state index contributed by atoms with van der Waals surface area (Å²) < 4.78 is 5.28. The minimum Gasteiger partial charge on any atom is -0.480 e. The van der Waals surface area contributed by atoms with Crippen molar-refractivity contribution in [3.05, 3.63) is 11.7 Å². The van der Waals surface area contributed by atoms with E-state index < -0.39 is 12.0 Å². The van der Waals surface area contributed by atoms with Gasteiger partial charge in [0, 0.05) is 5.41 Å². The van der Waals surface area contributed by atoms with Crippen molar-refractivity contribution in [1.29, 1.82) is 0 Å². The number of aliphatic carboxylic acids is 1. The van der Waals surface area contributed by atoms with Crippen LogP contribution in [0.3, 0.4) is 0 Å². The summed E-state index contributed by atoms with van der Waals surface area (Å²) in [6, 6.07) is -0.511. The SMILES string of the molecule is CC(C)(C)c1nc(CN2CCCC(C)(C)C2C(=O)O)no1. The van der Waals surface area contributed by atoms with Crippen molar-refractivity contribution in [2.45, 2.75) is 65.5 Å². The average Bonchev–Trinajstić information content (AvgIpc) is 2.75. The lowest BCUT2D eigenvalue weighted by Gasteiger charge is -2.43. The summed E-state index contributed by atoms with van der Waals surface area (Å²) in [6.45, 7) is 11.2. The van der Waals surface area contributed by atoms with Gasteiger partial charge in [0.05, 0.1) is 6.54 Å². The van der Waals surface area contributed by atoms with Crippen LogP contribution in [0, 0.1) is 5.41 Å². The first-order valence-electron chi connectivity index (χ1n) is 7.41. The van der Waals surface area contributed by atoms with Crippen molar-refractivity contribution in [3.8, 4) is 0 Å². The second-order valence-electron chi connectivity index (χ2n) is 7.57. The second-order valence-corrected chi connectivity index (χ2v) is 7.57. The number of hydrogen-bond donors (Lipinski definition) is 1. The standard InChI is InChI=1S/C15H25N3O3/c1-14(2,3)13-16-10(17-21-13)9-18-8-6-7-15(4,5)11(18)12(19)20/h11H,6-9H2,1-5H3,(H,19,20). The fourth-order valence-corrected chi connectivity index (χ4v) is 2.96. The molecular weight excluding hydrogens is 270 g/mol. The van der Waals surface area contributed by atoms with Gasteiger partial charge in [-0.2, -0.15) is 4.98 Å².